The molecule has 6 nitrogen and oxygen atoms in total. The lowest BCUT2D eigenvalue weighted by atomic mass is 10.2. The second kappa shape index (κ2) is 11.2. The van der Waals surface area contributed by atoms with Gasteiger partial charge in [0.15, 0.2) is 5.96 Å². The van der Waals surface area contributed by atoms with Crippen molar-refractivity contribution in [1.29, 1.82) is 0 Å². The van der Waals surface area contributed by atoms with E-state index >= 15 is 0 Å². The molecule has 0 bridgehead atoms. The van der Waals surface area contributed by atoms with E-state index in [2.05, 4.69) is 32.4 Å². The van der Waals surface area contributed by atoms with Gasteiger partial charge < -0.3 is 20.3 Å². The summed E-state index contributed by atoms with van der Waals surface area (Å²) in [7, 11) is 1.74. The molecule has 2 heterocycles. The van der Waals surface area contributed by atoms with E-state index in [1.807, 2.05) is 12.1 Å². The van der Waals surface area contributed by atoms with Crippen LogP contribution in [0.2, 0.25) is 5.02 Å². The number of rotatable bonds is 9. The number of guanidine groups is 1. The highest BCUT2D eigenvalue weighted by Gasteiger charge is 2.25. The van der Waals surface area contributed by atoms with E-state index in [9.17, 15) is 0 Å². The van der Waals surface area contributed by atoms with Gasteiger partial charge in [-0.15, -0.1) is 0 Å². The van der Waals surface area contributed by atoms with Crippen LogP contribution in [0.5, 0.6) is 0 Å². The summed E-state index contributed by atoms with van der Waals surface area (Å²) in [5.41, 5.74) is 0. The molecule has 0 amide bonds. The first-order chi connectivity index (χ1) is 12.2. The third kappa shape index (κ3) is 6.71. The summed E-state index contributed by atoms with van der Waals surface area (Å²) in [5.74, 6) is 1.77. The number of hydrogen-bond acceptors (Lipinski definition) is 4. The van der Waals surface area contributed by atoms with Crippen molar-refractivity contribution in [3.8, 4) is 0 Å². The molecule has 1 aliphatic heterocycles. The maximum Gasteiger partial charge on any atom is 0.191 e. The van der Waals surface area contributed by atoms with Gasteiger partial charge >= 0.3 is 0 Å². The maximum absolute atomic E-state index is 6.26. The number of anilines is 1. The second-order valence-corrected chi connectivity index (χ2v) is 6.61. The third-order valence-corrected chi connectivity index (χ3v) is 4.48. The van der Waals surface area contributed by atoms with Crippen molar-refractivity contribution in [2.45, 2.75) is 38.6 Å². The minimum absolute atomic E-state index is 0.351. The second-order valence-electron chi connectivity index (χ2n) is 6.20. The molecule has 7 heteroatoms. The Hall–Kier alpha value is -1.53. The lowest BCUT2D eigenvalue weighted by molar-refractivity contribution is 0.192. The topological polar surface area (TPSA) is 61.8 Å². The number of methoxy groups -OCH3 is 1. The molecule has 1 atom stereocenters. The number of nitrogens with one attached hydrogen (secondary N) is 2. The molecule has 0 saturated carbocycles. The number of pyridine rings is 1. The largest absolute Gasteiger partial charge is 0.385 e. The highest BCUT2D eigenvalue weighted by molar-refractivity contribution is 6.32. The summed E-state index contributed by atoms with van der Waals surface area (Å²) < 4.78 is 5.07. The number of unbranched alkanes of at least 4 members (excludes halogenated alkanes) is 2. The smallest absolute Gasteiger partial charge is 0.191 e. The summed E-state index contributed by atoms with van der Waals surface area (Å²) in [6.45, 7) is 6.44. The lowest BCUT2D eigenvalue weighted by Gasteiger charge is -2.20. The number of ether oxygens (including phenoxy) is 1. The van der Waals surface area contributed by atoms with Crippen LogP contribution in [0, 0.1) is 0 Å². The molecule has 1 fully saturated rings. The molecule has 2 N–H and O–H groups in total. The predicted octanol–water partition coefficient (Wildman–Crippen LogP) is 2.69. The monoisotopic (exact) mass is 367 g/mol. The molecule has 1 aromatic rings. The quantitative estimate of drug-likeness (QED) is 0.399. The zero-order chi connectivity index (χ0) is 17.9. The summed E-state index contributed by atoms with van der Waals surface area (Å²) in [6.07, 6.45) is 6.16. The van der Waals surface area contributed by atoms with E-state index in [1.165, 1.54) is 0 Å². The van der Waals surface area contributed by atoms with E-state index in [-0.39, 0.29) is 0 Å². The highest BCUT2D eigenvalue weighted by atomic mass is 35.5. The SMILES string of the molecule is CCNC(=NCCCCCOC)NC1CCN(c2ncccc2Cl)C1. The normalized spacial score (nSPS) is 17.8. The van der Waals surface area contributed by atoms with Crippen molar-refractivity contribution in [3.63, 3.8) is 0 Å². The van der Waals surface area contributed by atoms with E-state index in [0.717, 1.165) is 70.2 Å². The number of aromatic nitrogens is 1. The van der Waals surface area contributed by atoms with E-state index < -0.39 is 0 Å². The van der Waals surface area contributed by atoms with Gasteiger partial charge in [-0.1, -0.05) is 11.6 Å². The standard InChI is InChI=1S/C18H30ClN5O/c1-3-20-18(22-10-5-4-6-13-25-2)23-15-9-12-24(14-15)17-16(19)8-7-11-21-17/h7-8,11,15H,3-6,9-10,12-14H2,1-2H3,(H2,20,22,23). The van der Waals surface area contributed by atoms with Crippen LogP contribution in [-0.4, -0.2) is 56.9 Å². The molecule has 1 saturated heterocycles. The fraction of sp³-hybridized carbons (Fsp3) is 0.667. The first kappa shape index (κ1) is 19.8. The molecule has 1 aromatic heterocycles. The number of halogens is 1. The fourth-order valence-corrected chi connectivity index (χ4v) is 3.16. The molecular formula is C18H30ClN5O. The first-order valence-corrected chi connectivity index (χ1v) is 9.51. The molecular weight excluding hydrogens is 338 g/mol. The average Bonchev–Trinajstić information content (AvgIpc) is 3.07. The van der Waals surface area contributed by atoms with Gasteiger partial charge in [0.25, 0.3) is 0 Å². The Morgan fingerprint density at radius 2 is 2.32 bits per heavy atom. The molecule has 0 aromatic carbocycles. The van der Waals surface area contributed by atoms with Crippen LogP contribution in [0.15, 0.2) is 23.3 Å². The van der Waals surface area contributed by atoms with Gasteiger partial charge in [-0.2, -0.15) is 0 Å². The van der Waals surface area contributed by atoms with Gasteiger partial charge in [0.2, 0.25) is 0 Å². The van der Waals surface area contributed by atoms with Crippen molar-refractivity contribution in [3.05, 3.63) is 23.4 Å². The van der Waals surface area contributed by atoms with Crippen molar-refractivity contribution >= 4 is 23.4 Å². The maximum atomic E-state index is 6.26. The Bertz CT molecular complexity index is 540. The van der Waals surface area contributed by atoms with Crippen LogP contribution in [0.4, 0.5) is 5.82 Å². The number of aliphatic imine (C=N–C) groups is 1. The van der Waals surface area contributed by atoms with Crippen LogP contribution in [0.1, 0.15) is 32.6 Å². The fourth-order valence-electron chi connectivity index (χ4n) is 2.92. The third-order valence-electron chi connectivity index (χ3n) is 4.19. The van der Waals surface area contributed by atoms with Crippen LogP contribution in [-0.2, 0) is 4.74 Å². The molecule has 1 unspecified atom stereocenters. The molecule has 140 valence electrons. The van der Waals surface area contributed by atoms with Gasteiger partial charge in [0.05, 0.1) is 5.02 Å². The van der Waals surface area contributed by atoms with Gasteiger partial charge in [0, 0.05) is 52.1 Å². The Morgan fingerprint density at radius 3 is 3.08 bits per heavy atom. The number of hydrogen-bond donors (Lipinski definition) is 2. The lowest BCUT2D eigenvalue weighted by Crippen LogP contribution is -2.44. The first-order valence-electron chi connectivity index (χ1n) is 9.13. The zero-order valence-electron chi connectivity index (χ0n) is 15.3. The summed E-state index contributed by atoms with van der Waals surface area (Å²) in [6, 6.07) is 4.10. The molecule has 0 radical (unpaired) electrons. The average molecular weight is 368 g/mol. The Morgan fingerprint density at radius 1 is 1.44 bits per heavy atom. The van der Waals surface area contributed by atoms with Crippen LogP contribution >= 0.6 is 11.6 Å². The Balaban J connectivity index is 1.80. The summed E-state index contributed by atoms with van der Waals surface area (Å²) >= 11 is 6.26. The predicted molar refractivity (Wildman–Crippen MR) is 105 cm³/mol. The van der Waals surface area contributed by atoms with Crippen LogP contribution < -0.4 is 15.5 Å². The summed E-state index contributed by atoms with van der Waals surface area (Å²) in [5, 5.41) is 7.58. The van der Waals surface area contributed by atoms with E-state index in [0.29, 0.717) is 11.1 Å². The highest BCUT2D eigenvalue weighted by Crippen LogP contribution is 2.25. The van der Waals surface area contributed by atoms with Crippen molar-refractivity contribution in [2.75, 3.05) is 44.8 Å². The van der Waals surface area contributed by atoms with Gasteiger partial charge in [0.1, 0.15) is 5.82 Å². The Labute approximate surface area is 156 Å². The van der Waals surface area contributed by atoms with E-state index in [1.54, 1.807) is 13.3 Å². The summed E-state index contributed by atoms with van der Waals surface area (Å²) in [4.78, 5) is 11.3. The van der Waals surface area contributed by atoms with Crippen molar-refractivity contribution < 1.29 is 4.74 Å². The van der Waals surface area contributed by atoms with Crippen molar-refractivity contribution in [1.82, 2.24) is 15.6 Å². The van der Waals surface area contributed by atoms with Gasteiger partial charge in [-0.3, -0.25) is 4.99 Å². The minimum Gasteiger partial charge on any atom is -0.385 e. The minimum atomic E-state index is 0.351. The van der Waals surface area contributed by atoms with Gasteiger partial charge in [-0.05, 0) is 44.7 Å². The molecule has 0 aliphatic carbocycles. The zero-order valence-corrected chi connectivity index (χ0v) is 16.1. The van der Waals surface area contributed by atoms with Gasteiger partial charge in [-0.25, -0.2) is 4.98 Å². The molecule has 25 heavy (non-hydrogen) atoms. The number of nitrogens with zero attached hydrogens (tertiary/aromatic N) is 3. The molecule has 0 spiro atoms. The molecule has 2 rings (SSSR count). The van der Waals surface area contributed by atoms with Crippen LogP contribution in [0.25, 0.3) is 0 Å². The van der Waals surface area contributed by atoms with E-state index in [4.69, 9.17) is 16.3 Å². The van der Waals surface area contributed by atoms with Crippen molar-refractivity contribution in [2.24, 2.45) is 4.99 Å². The van der Waals surface area contributed by atoms with Crippen LogP contribution in [0.3, 0.4) is 0 Å². The Kier molecular flexibility index (Phi) is 8.83. The molecule has 1 aliphatic rings.